The molecule has 1 aliphatic heterocycles. The maximum absolute atomic E-state index is 13.6. The lowest BCUT2D eigenvalue weighted by Gasteiger charge is -2.26. The average Bonchev–Trinajstić information content (AvgIpc) is 3.32. The lowest BCUT2D eigenvalue weighted by molar-refractivity contribution is -0.147. The van der Waals surface area contributed by atoms with Gasteiger partial charge in [-0.1, -0.05) is 74.5 Å². The van der Waals surface area contributed by atoms with Crippen molar-refractivity contribution < 1.29 is 37.5 Å². The lowest BCUT2D eigenvalue weighted by Crippen LogP contribution is -2.54. The van der Waals surface area contributed by atoms with Gasteiger partial charge in [0.15, 0.2) is 5.60 Å². The van der Waals surface area contributed by atoms with Crippen LogP contribution in [-0.2, 0) is 41.4 Å². The van der Waals surface area contributed by atoms with Crippen LogP contribution in [0.15, 0.2) is 72.4 Å². The summed E-state index contributed by atoms with van der Waals surface area (Å²) in [5.41, 5.74) is 11.2. The molecule has 2 aromatic rings. The molecule has 12 nitrogen and oxygen atoms in total. The number of hydroxylamine groups is 1. The number of ketones is 1. The second-order valence-electron chi connectivity index (χ2n) is 9.71. The fourth-order valence-corrected chi connectivity index (χ4v) is 5.70. The summed E-state index contributed by atoms with van der Waals surface area (Å²) in [6, 6.07) is 15.1. The Kier molecular flexibility index (Phi) is 10.1. The van der Waals surface area contributed by atoms with E-state index in [2.05, 4.69) is 20.3 Å². The van der Waals surface area contributed by atoms with Crippen LogP contribution in [-0.4, -0.2) is 59.9 Å². The molecule has 3 rings (SSSR count). The Balaban J connectivity index is 1.96. The summed E-state index contributed by atoms with van der Waals surface area (Å²) >= 11 is 0. The maximum atomic E-state index is 13.6. The van der Waals surface area contributed by atoms with E-state index in [-0.39, 0.29) is 23.8 Å². The second-order valence-corrected chi connectivity index (χ2v) is 11.5. The van der Waals surface area contributed by atoms with E-state index in [4.69, 9.17) is 10.4 Å². The van der Waals surface area contributed by atoms with Gasteiger partial charge in [0, 0.05) is 6.42 Å². The van der Waals surface area contributed by atoms with E-state index in [0.717, 1.165) is 0 Å². The molecule has 1 heterocycles. The molecule has 0 aliphatic carbocycles. The molecule has 13 heteroatoms. The van der Waals surface area contributed by atoms with Crippen LogP contribution in [0.5, 0.6) is 0 Å². The minimum absolute atomic E-state index is 0.0280. The molecule has 1 aliphatic rings. The van der Waals surface area contributed by atoms with Gasteiger partial charge in [-0.25, -0.2) is 13.1 Å². The van der Waals surface area contributed by atoms with Crippen LogP contribution in [0.2, 0.25) is 0 Å². The summed E-state index contributed by atoms with van der Waals surface area (Å²) in [6.45, 7) is 3.59. The predicted octanol–water partition coefficient (Wildman–Crippen LogP) is 1.36. The Bertz CT molecular complexity index is 1410. The van der Waals surface area contributed by atoms with Crippen molar-refractivity contribution in [3.63, 3.8) is 0 Å². The normalized spacial score (nSPS) is 18.1. The van der Waals surface area contributed by atoms with E-state index in [9.17, 15) is 27.9 Å². The Morgan fingerprint density at radius 2 is 1.68 bits per heavy atom. The fourth-order valence-electron chi connectivity index (χ4n) is 4.20. The van der Waals surface area contributed by atoms with Crippen molar-refractivity contribution in [2.45, 2.75) is 50.1 Å². The van der Waals surface area contributed by atoms with Crippen molar-refractivity contribution in [2.75, 3.05) is 0 Å². The van der Waals surface area contributed by atoms with Gasteiger partial charge in [0.05, 0.1) is 23.9 Å². The van der Waals surface area contributed by atoms with E-state index in [0.29, 0.717) is 17.3 Å². The first-order valence-corrected chi connectivity index (χ1v) is 14.1. The molecule has 0 saturated carbocycles. The summed E-state index contributed by atoms with van der Waals surface area (Å²) in [4.78, 5) is 45.7. The lowest BCUT2D eigenvalue weighted by atomic mass is 9.90. The summed E-state index contributed by atoms with van der Waals surface area (Å²) in [7, 11) is -3.82. The van der Waals surface area contributed by atoms with E-state index >= 15 is 0 Å². The maximum Gasteiger partial charge on any atom is 0.325 e. The number of hydrogen-bond acceptors (Lipinski definition) is 7. The molecule has 0 aromatic heterocycles. The molecule has 1 unspecified atom stereocenters. The number of sulfonamides is 1. The van der Waals surface area contributed by atoms with E-state index in [1.807, 2.05) is 0 Å². The van der Waals surface area contributed by atoms with Crippen LogP contribution in [0.25, 0.3) is 5.53 Å². The van der Waals surface area contributed by atoms with E-state index in [1.54, 1.807) is 74.5 Å². The molecule has 0 spiro atoms. The number of nitrogens with one attached hydrogen (secondary N) is 3. The average molecular weight is 570 g/mol. The van der Waals surface area contributed by atoms with Gasteiger partial charge < -0.3 is 16.0 Å². The molecular weight excluding hydrogens is 538 g/mol. The minimum Gasteiger partial charge on any atom is -0.481 e. The Hall–Kier alpha value is -4.16. The third-order valence-corrected chi connectivity index (χ3v) is 7.48. The number of carboxylic acid groups (broad SMARTS) is 1. The molecule has 0 fully saturated rings. The van der Waals surface area contributed by atoms with Gasteiger partial charge in [0.2, 0.25) is 10.0 Å². The van der Waals surface area contributed by atoms with Gasteiger partial charge in [-0.05, 0) is 23.1 Å². The van der Waals surface area contributed by atoms with Gasteiger partial charge >= 0.3 is 12.2 Å². The number of nitrogens with zero attached hydrogens (tertiary/aromatic N) is 2. The summed E-state index contributed by atoms with van der Waals surface area (Å²) in [6.07, 6.45) is 1.15. The van der Waals surface area contributed by atoms with Crippen LogP contribution in [0.1, 0.15) is 31.4 Å². The van der Waals surface area contributed by atoms with Gasteiger partial charge in [-0.2, -0.15) is 4.79 Å². The highest BCUT2D eigenvalue weighted by Crippen LogP contribution is 2.29. The molecule has 0 radical (unpaired) electrons. The van der Waals surface area contributed by atoms with Crippen LogP contribution in [0.4, 0.5) is 0 Å². The quantitative estimate of drug-likeness (QED) is 0.149. The number of hydrogen-bond donors (Lipinski definition) is 4. The van der Waals surface area contributed by atoms with Crippen LogP contribution < -0.4 is 15.5 Å². The Morgan fingerprint density at radius 1 is 1.07 bits per heavy atom. The molecule has 0 saturated heterocycles. The summed E-state index contributed by atoms with van der Waals surface area (Å²) in [5, 5.41) is 11.6. The van der Waals surface area contributed by atoms with Crippen LogP contribution >= 0.6 is 0 Å². The molecule has 3 atom stereocenters. The first-order valence-electron chi connectivity index (χ1n) is 12.4. The third-order valence-electron chi connectivity index (χ3n) is 6.15. The molecule has 40 heavy (non-hydrogen) atoms. The second kappa shape index (κ2) is 13.3. The molecule has 0 bridgehead atoms. The van der Waals surface area contributed by atoms with Crippen molar-refractivity contribution in [3.05, 3.63) is 89.1 Å². The Morgan fingerprint density at radius 3 is 2.23 bits per heavy atom. The highest BCUT2D eigenvalue weighted by atomic mass is 32.2. The zero-order chi connectivity index (χ0) is 29.3. The zero-order valence-corrected chi connectivity index (χ0v) is 22.8. The van der Waals surface area contributed by atoms with Crippen LogP contribution in [0, 0.1) is 5.92 Å². The number of rotatable bonds is 14. The van der Waals surface area contributed by atoms with E-state index < -0.39 is 51.8 Å². The van der Waals surface area contributed by atoms with Crippen molar-refractivity contribution in [1.82, 2.24) is 15.5 Å². The zero-order valence-electron chi connectivity index (χ0n) is 22.0. The molecule has 212 valence electrons. The topological polar surface area (TPSA) is 187 Å². The monoisotopic (exact) mass is 569 g/mol. The minimum atomic E-state index is -3.82. The van der Waals surface area contributed by atoms with Crippen LogP contribution in [0.3, 0.4) is 0 Å². The van der Waals surface area contributed by atoms with Crippen molar-refractivity contribution in [3.8, 4) is 0 Å². The molecule has 4 N–H and O–H groups in total. The largest absolute Gasteiger partial charge is 0.481 e. The van der Waals surface area contributed by atoms with Gasteiger partial charge in [-0.15, -0.1) is 0 Å². The number of amides is 1. The van der Waals surface area contributed by atoms with Crippen molar-refractivity contribution in [2.24, 2.45) is 5.92 Å². The SMILES string of the molecule is CC(C)[C@H](NS(=O)(=O)Cc1ccccc1)C1=CC(Cc2ccccc2)(C(=O)N[C@@H](CC(=O)O)C(=O)C=[N+]=[N-])ON1. The third kappa shape index (κ3) is 8.17. The number of carbonyl (C=O) groups is 3. The number of aliphatic carboxylic acids is 1. The summed E-state index contributed by atoms with van der Waals surface area (Å²) in [5.74, 6) is -3.68. The van der Waals surface area contributed by atoms with Crippen molar-refractivity contribution >= 4 is 33.9 Å². The van der Waals surface area contributed by atoms with Gasteiger partial charge in [-0.3, -0.25) is 24.7 Å². The predicted molar refractivity (Wildman–Crippen MR) is 145 cm³/mol. The smallest absolute Gasteiger partial charge is 0.325 e. The number of carbonyl (C=O) groups excluding carboxylic acids is 2. The van der Waals surface area contributed by atoms with Gasteiger partial charge in [0.25, 0.3) is 11.7 Å². The van der Waals surface area contributed by atoms with Crippen molar-refractivity contribution in [1.29, 1.82) is 0 Å². The number of benzene rings is 2. The number of carboxylic acids is 1. The number of Topliss-reactive ketones (excluding diaryl/α,β-unsaturated/α-hetero) is 1. The molecule has 1 amide bonds. The molecule has 2 aromatic carbocycles. The molecular formula is C27H31N5O7S. The standard InChI is InChI=1S/C27H31N5O7S/c1-18(2)25(32-40(37,38)17-20-11-7-4-8-12-20)22-15-27(39-31-22,14-19-9-5-3-6-10-19)26(36)30-21(13-24(34)35)23(33)16-29-28/h3-12,15-16,18,21,25,31-32H,13-14,17H2,1-2H3,(H,30,36)(H,34,35)/t21-,25-,27?/m0/s1. The first-order chi connectivity index (χ1) is 18.9. The summed E-state index contributed by atoms with van der Waals surface area (Å²) < 4.78 is 28.7. The first kappa shape index (κ1) is 30.4. The van der Waals surface area contributed by atoms with Gasteiger partial charge in [0.1, 0.15) is 6.04 Å². The fraction of sp³-hybridized carbons (Fsp3) is 0.333. The van der Waals surface area contributed by atoms with E-state index in [1.165, 1.54) is 6.08 Å². The highest BCUT2D eigenvalue weighted by molar-refractivity contribution is 7.88. The highest BCUT2D eigenvalue weighted by Gasteiger charge is 2.46. The Labute approximate surface area is 232 Å².